The second kappa shape index (κ2) is 8.68. The number of rotatable bonds is 4. The van der Waals surface area contributed by atoms with Gasteiger partial charge in [0.1, 0.15) is 5.75 Å². The molecule has 1 unspecified atom stereocenters. The number of amides is 1. The summed E-state index contributed by atoms with van der Waals surface area (Å²) in [5.74, 6) is -0.0891. The van der Waals surface area contributed by atoms with Gasteiger partial charge in [0, 0.05) is 31.2 Å². The lowest BCUT2D eigenvalue weighted by molar-refractivity contribution is 0.0594. The molecule has 5 heteroatoms. The third-order valence-electron chi connectivity index (χ3n) is 5.40. The van der Waals surface area contributed by atoms with Gasteiger partial charge in [0.05, 0.1) is 11.6 Å². The summed E-state index contributed by atoms with van der Waals surface area (Å²) in [4.78, 5) is 17.0. The Balaban J connectivity index is 1.53. The fraction of sp³-hybridized carbons (Fsp3) is 0.208. The number of carbonyl (C=O) groups is 1. The van der Waals surface area contributed by atoms with Crippen molar-refractivity contribution in [2.24, 2.45) is 0 Å². The van der Waals surface area contributed by atoms with Crippen molar-refractivity contribution in [2.75, 3.05) is 26.2 Å². The van der Waals surface area contributed by atoms with Gasteiger partial charge in [-0.3, -0.25) is 9.69 Å². The summed E-state index contributed by atoms with van der Waals surface area (Å²) < 4.78 is 0. The molecule has 0 aliphatic carbocycles. The molecule has 1 fully saturated rings. The number of piperazine rings is 1. The van der Waals surface area contributed by atoms with Crippen molar-refractivity contribution in [2.45, 2.75) is 6.04 Å². The van der Waals surface area contributed by atoms with Gasteiger partial charge in [0.15, 0.2) is 0 Å². The Morgan fingerprint density at radius 3 is 2.03 bits per heavy atom. The highest BCUT2D eigenvalue weighted by molar-refractivity contribution is 6.30. The molecule has 0 saturated carbocycles. The van der Waals surface area contributed by atoms with Crippen molar-refractivity contribution < 1.29 is 9.90 Å². The zero-order chi connectivity index (χ0) is 20.2. The molecule has 1 aliphatic heterocycles. The van der Waals surface area contributed by atoms with Crippen LogP contribution in [0, 0.1) is 0 Å². The molecule has 1 saturated heterocycles. The second-order valence-corrected chi connectivity index (χ2v) is 7.65. The number of carbonyl (C=O) groups excluding carboxylic acids is 1. The first-order chi connectivity index (χ1) is 14.1. The minimum atomic E-state index is -0.120. The van der Waals surface area contributed by atoms with Crippen LogP contribution < -0.4 is 0 Å². The minimum absolute atomic E-state index is 0.0308. The van der Waals surface area contributed by atoms with Gasteiger partial charge in [-0.25, -0.2) is 0 Å². The molecule has 0 aromatic heterocycles. The first-order valence-electron chi connectivity index (χ1n) is 9.75. The van der Waals surface area contributed by atoms with Gasteiger partial charge in [-0.2, -0.15) is 0 Å². The molecule has 1 amide bonds. The van der Waals surface area contributed by atoms with E-state index in [4.69, 9.17) is 11.6 Å². The number of nitrogens with zero attached hydrogens (tertiary/aromatic N) is 2. The van der Waals surface area contributed by atoms with E-state index >= 15 is 0 Å². The molecule has 0 radical (unpaired) electrons. The maximum Gasteiger partial charge on any atom is 0.257 e. The zero-order valence-corrected chi connectivity index (χ0v) is 16.8. The third kappa shape index (κ3) is 4.29. The van der Waals surface area contributed by atoms with Crippen molar-refractivity contribution >= 4 is 17.5 Å². The van der Waals surface area contributed by atoms with E-state index in [0.29, 0.717) is 18.7 Å². The fourth-order valence-corrected chi connectivity index (χ4v) is 4.03. The van der Waals surface area contributed by atoms with Crippen molar-refractivity contribution in [1.82, 2.24) is 9.80 Å². The van der Waals surface area contributed by atoms with E-state index in [2.05, 4.69) is 41.3 Å². The molecule has 1 atom stereocenters. The summed E-state index contributed by atoms with van der Waals surface area (Å²) >= 11 is 6.09. The third-order valence-corrected chi connectivity index (χ3v) is 5.65. The molecule has 4 rings (SSSR count). The average Bonchev–Trinajstić information content (AvgIpc) is 2.76. The summed E-state index contributed by atoms with van der Waals surface area (Å²) in [6, 6.07) is 25.2. The summed E-state index contributed by atoms with van der Waals surface area (Å²) in [5, 5.41) is 10.7. The summed E-state index contributed by atoms with van der Waals surface area (Å²) in [5.41, 5.74) is 2.76. The number of aromatic hydroxyl groups is 1. The van der Waals surface area contributed by atoms with Crippen molar-refractivity contribution in [1.29, 1.82) is 0 Å². The Bertz CT molecular complexity index is 968. The minimum Gasteiger partial charge on any atom is -0.507 e. The molecule has 1 N–H and O–H groups in total. The van der Waals surface area contributed by atoms with Crippen molar-refractivity contribution in [3.8, 4) is 5.75 Å². The van der Waals surface area contributed by atoms with E-state index < -0.39 is 0 Å². The molecule has 3 aromatic carbocycles. The molecule has 4 nitrogen and oxygen atoms in total. The smallest absolute Gasteiger partial charge is 0.257 e. The number of para-hydroxylation sites is 1. The van der Waals surface area contributed by atoms with Crippen LogP contribution in [0.4, 0.5) is 0 Å². The van der Waals surface area contributed by atoms with Crippen LogP contribution in [-0.2, 0) is 0 Å². The number of hydrogen-bond donors (Lipinski definition) is 1. The Morgan fingerprint density at radius 1 is 0.793 bits per heavy atom. The van der Waals surface area contributed by atoms with Gasteiger partial charge >= 0.3 is 0 Å². The lowest BCUT2D eigenvalue weighted by Crippen LogP contribution is -2.49. The van der Waals surface area contributed by atoms with E-state index in [1.165, 1.54) is 11.1 Å². The van der Waals surface area contributed by atoms with Crippen molar-refractivity contribution in [3.63, 3.8) is 0 Å². The molecule has 0 bridgehead atoms. The normalized spacial score (nSPS) is 15.8. The van der Waals surface area contributed by atoms with Crippen LogP contribution in [0.3, 0.4) is 0 Å². The molecule has 0 spiro atoms. The Hall–Kier alpha value is -2.82. The van der Waals surface area contributed by atoms with Crippen LogP contribution in [0.15, 0.2) is 78.9 Å². The van der Waals surface area contributed by atoms with Crippen molar-refractivity contribution in [3.05, 3.63) is 101 Å². The standard InChI is InChI=1S/C24H23ClN2O2/c25-20-12-10-19(11-13-20)23(18-6-2-1-3-7-18)26-14-16-27(17-15-26)24(29)21-8-4-5-9-22(21)28/h1-13,23,28H,14-17H2. The summed E-state index contributed by atoms with van der Waals surface area (Å²) in [7, 11) is 0. The van der Waals surface area contributed by atoms with Crippen LogP contribution in [0.25, 0.3) is 0 Å². The molecular formula is C24H23ClN2O2. The number of halogens is 1. The van der Waals surface area contributed by atoms with Crippen LogP contribution in [-0.4, -0.2) is 47.0 Å². The van der Waals surface area contributed by atoms with E-state index in [-0.39, 0.29) is 17.7 Å². The Labute approximate surface area is 176 Å². The highest BCUT2D eigenvalue weighted by atomic mass is 35.5. The second-order valence-electron chi connectivity index (χ2n) is 7.21. The Kier molecular flexibility index (Phi) is 5.84. The first kappa shape index (κ1) is 19.5. The molecule has 148 valence electrons. The maximum absolute atomic E-state index is 12.8. The highest BCUT2D eigenvalue weighted by Gasteiger charge is 2.29. The quantitative estimate of drug-likeness (QED) is 0.689. The summed E-state index contributed by atoms with van der Waals surface area (Å²) in [6.07, 6.45) is 0. The lowest BCUT2D eigenvalue weighted by atomic mass is 9.96. The van der Waals surface area contributed by atoms with Crippen LogP contribution in [0.5, 0.6) is 5.75 Å². The van der Waals surface area contributed by atoms with Gasteiger partial charge in [-0.15, -0.1) is 0 Å². The van der Waals surface area contributed by atoms with E-state index in [1.54, 1.807) is 24.3 Å². The van der Waals surface area contributed by atoms with Crippen LogP contribution >= 0.6 is 11.6 Å². The first-order valence-corrected chi connectivity index (χ1v) is 10.1. The van der Waals surface area contributed by atoms with Gasteiger partial charge < -0.3 is 10.0 Å². The zero-order valence-electron chi connectivity index (χ0n) is 16.0. The molecule has 29 heavy (non-hydrogen) atoms. The Morgan fingerprint density at radius 2 is 1.38 bits per heavy atom. The average molecular weight is 407 g/mol. The number of phenols is 1. The number of benzene rings is 3. The van der Waals surface area contributed by atoms with E-state index in [9.17, 15) is 9.90 Å². The predicted molar refractivity (Wildman–Crippen MR) is 115 cm³/mol. The maximum atomic E-state index is 12.8. The van der Waals surface area contributed by atoms with E-state index in [1.807, 2.05) is 23.1 Å². The van der Waals surface area contributed by atoms with Gasteiger partial charge in [-0.05, 0) is 35.4 Å². The SMILES string of the molecule is O=C(c1ccccc1O)N1CCN(C(c2ccccc2)c2ccc(Cl)cc2)CC1. The monoisotopic (exact) mass is 406 g/mol. The molecular weight excluding hydrogens is 384 g/mol. The summed E-state index contributed by atoms with van der Waals surface area (Å²) in [6.45, 7) is 2.73. The molecule has 3 aromatic rings. The molecule has 1 heterocycles. The van der Waals surface area contributed by atoms with Crippen LogP contribution in [0.1, 0.15) is 27.5 Å². The van der Waals surface area contributed by atoms with Gasteiger partial charge in [-0.1, -0.05) is 66.2 Å². The van der Waals surface area contributed by atoms with Gasteiger partial charge in [0.25, 0.3) is 5.91 Å². The fourth-order valence-electron chi connectivity index (χ4n) is 3.90. The largest absolute Gasteiger partial charge is 0.507 e. The molecule has 1 aliphatic rings. The predicted octanol–water partition coefficient (Wildman–Crippen LogP) is 4.59. The lowest BCUT2D eigenvalue weighted by Gasteiger charge is -2.40. The topological polar surface area (TPSA) is 43.8 Å². The van der Waals surface area contributed by atoms with Crippen LogP contribution in [0.2, 0.25) is 5.02 Å². The number of phenolic OH excluding ortho intramolecular Hbond substituents is 1. The number of hydrogen-bond acceptors (Lipinski definition) is 3. The highest BCUT2D eigenvalue weighted by Crippen LogP contribution is 2.31. The van der Waals surface area contributed by atoms with E-state index in [0.717, 1.165) is 18.1 Å². The van der Waals surface area contributed by atoms with Gasteiger partial charge in [0.2, 0.25) is 0 Å².